The van der Waals surface area contributed by atoms with Gasteiger partial charge >= 0.3 is 0 Å². The third kappa shape index (κ3) is 8.28. The van der Waals surface area contributed by atoms with Crippen LogP contribution in [-0.4, -0.2) is 57.1 Å². The first kappa shape index (κ1) is 29.6. The monoisotopic (exact) mass is 555 g/mol. The van der Waals surface area contributed by atoms with E-state index in [0.29, 0.717) is 5.75 Å². The van der Waals surface area contributed by atoms with Crippen molar-refractivity contribution in [3.8, 4) is 5.75 Å². The molecule has 39 heavy (non-hydrogen) atoms. The van der Waals surface area contributed by atoms with Crippen LogP contribution in [0.5, 0.6) is 5.75 Å². The molecule has 0 aliphatic heterocycles. The number of benzene rings is 3. The highest BCUT2D eigenvalue weighted by molar-refractivity contribution is 7.92. The second kappa shape index (κ2) is 13.2. The van der Waals surface area contributed by atoms with E-state index < -0.39 is 40.2 Å². The Balaban J connectivity index is 2.05. The summed E-state index contributed by atoms with van der Waals surface area (Å²) in [6.45, 7) is 2.79. The zero-order valence-corrected chi connectivity index (χ0v) is 23.3. The number of hydrogen-bond donors (Lipinski definition) is 1. The largest absolute Gasteiger partial charge is 0.497 e. The Morgan fingerprint density at radius 2 is 1.56 bits per heavy atom. The van der Waals surface area contributed by atoms with Crippen molar-refractivity contribution >= 4 is 27.5 Å². The van der Waals surface area contributed by atoms with Crippen molar-refractivity contribution in [2.24, 2.45) is 0 Å². The summed E-state index contributed by atoms with van der Waals surface area (Å²) in [4.78, 5) is 28.6. The number of carbonyl (C=O) groups is 2. The van der Waals surface area contributed by atoms with Gasteiger partial charge in [-0.05, 0) is 49.7 Å². The second-order valence-electron chi connectivity index (χ2n) is 9.45. The number of carbonyl (C=O) groups excluding carboxylic acids is 2. The number of ether oxygens (including phenoxy) is 1. The molecule has 2 amide bonds. The molecule has 1 atom stereocenters. The predicted octanol–water partition coefficient (Wildman–Crippen LogP) is 3.77. The summed E-state index contributed by atoms with van der Waals surface area (Å²) in [5, 5.41) is 2.85. The predicted molar refractivity (Wildman–Crippen MR) is 149 cm³/mol. The Bertz CT molecular complexity index is 1370. The van der Waals surface area contributed by atoms with Crippen LogP contribution >= 0.6 is 0 Å². The highest BCUT2D eigenvalue weighted by atomic mass is 32.2. The average Bonchev–Trinajstić information content (AvgIpc) is 2.89. The Morgan fingerprint density at radius 1 is 0.949 bits per heavy atom. The summed E-state index contributed by atoms with van der Waals surface area (Å²) in [6, 6.07) is 20.1. The molecule has 0 bridgehead atoms. The molecule has 0 aromatic heterocycles. The van der Waals surface area contributed by atoms with Gasteiger partial charge in [0, 0.05) is 24.6 Å². The van der Waals surface area contributed by atoms with Gasteiger partial charge < -0.3 is 15.0 Å². The lowest BCUT2D eigenvalue weighted by Crippen LogP contribution is -2.54. The van der Waals surface area contributed by atoms with E-state index in [1.165, 1.54) is 42.3 Å². The molecule has 3 aromatic rings. The van der Waals surface area contributed by atoms with Gasteiger partial charge in [-0.25, -0.2) is 12.8 Å². The molecule has 0 saturated heterocycles. The maximum absolute atomic E-state index is 14.7. The van der Waals surface area contributed by atoms with Gasteiger partial charge in [0.2, 0.25) is 21.8 Å². The molecule has 8 nitrogen and oxygen atoms in total. The summed E-state index contributed by atoms with van der Waals surface area (Å²) >= 11 is 0. The van der Waals surface area contributed by atoms with Crippen LogP contribution in [0.25, 0.3) is 0 Å². The van der Waals surface area contributed by atoms with Crippen LogP contribution in [0.4, 0.5) is 10.1 Å². The fourth-order valence-electron chi connectivity index (χ4n) is 4.11. The zero-order chi connectivity index (χ0) is 28.6. The molecule has 0 spiro atoms. The molecule has 0 fully saturated rings. The van der Waals surface area contributed by atoms with Gasteiger partial charge in [0.25, 0.3) is 0 Å². The van der Waals surface area contributed by atoms with Gasteiger partial charge in [-0.2, -0.15) is 0 Å². The van der Waals surface area contributed by atoms with Gasteiger partial charge in [-0.3, -0.25) is 13.9 Å². The van der Waals surface area contributed by atoms with E-state index in [9.17, 15) is 22.4 Å². The van der Waals surface area contributed by atoms with Crippen molar-refractivity contribution in [2.75, 3.05) is 24.2 Å². The number of sulfonamides is 1. The third-order valence-electron chi connectivity index (χ3n) is 6.04. The molecule has 0 saturated carbocycles. The minimum atomic E-state index is -3.90. The minimum absolute atomic E-state index is 0.154. The van der Waals surface area contributed by atoms with Crippen LogP contribution < -0.4 is 14.4 Å². The van der Waals surface area contributed by atoms with Gasteiger partial charge in [0.15, 0.2) is 0 Å². The molecule has 208 valence electrons. The van der Waals surface area contributed by atoms with Crippen molar-refractivity contribution in [1.82, 2.24) is 10.2 Å². The number of nitrogens with one attached hydrogen (secondary N) is 1. The Hall–Kier alpha value is -3.92. The Labute approximate surface area is 229 Å². The normalized spacial score (nSPS) is 12.1. The fraction of sp³-hybridized carbons (Fsp3) is 0.310. The average molecular weight is 556 g/mol. The van der Waals surface area contributed by atoms with Crippen molar-refractivity contribution in [3.63, 3.8) is 0 Å². The van der Waals surface area contributed by atoms with E-state index in [4.69, 9.17) is 4.74 Å². The Kier molecular flexibility index (Phi) is 10.1. The number of halogens is 1. The lowest BCUT2D eigenvalue weighted by Gasteiger charge is -2.34. The molecule has 0 aliphatic rings. The first-order chi connectivity index (χ1) is 18.5. The van der Waals surface area contributed by atoms with Crippen LogP contribution in [-0.2, 0) is 32.6 Å². The number of hydrogen-bond acceptors (Lipinski definition) is 5. The SMILES string of the molecule is COc1ccc(N(CC(=O)N(Cc2ccccc2F)[C@@H](Cc2ccccc2)C(=O)NC(C)C)S(C)(=O)=O)cc1. The van der Waals surface area contributed by atoms with E-state index in [2.05, 4.69) is 5.32 Å². The van der Waals surface area contributed by atoms with Crippen molar-refractivity contribution in [2.45, 2.75) is 38.9 Å². The van der Waals surface area contributed by atoms with Crippen LogP contribution in [0.15, 0.2) is 78.9 Å². The van der Waals surface area contributed by atoms with Crippen LogP contribution in [0.3, 0.4) is 0 Å². The summed E-state index contributed by atoms with van der Waals surface area (Å²) in [7, 11) is -2.41. The fourth-order valence-corrected chi connectivity index (χ4v) is 4.96. The number of methoxy groups -OCH3 is 1. The highest BCUT2D eigenvalue weighted by Gasteiger charge is 2.33. The van der Waals surface area contributed by atoms with E-state index >= 15 is 0 Å². The molecule has 0 aliphatic carbocycles. The molecule has 1 N–H and O–H groups in total. The van der Waals surface area contributed by atoms with E-state index in [1.807, 2.05) is 30.3 Å². The van der Waals surface area contributed by atoms with Crippen LogP contribution in [0, 0.1) is 5.82 Å². The Morgan fingerprint density at radius 3 is 2.13 bits per heavy atom. The molecule has 10 heteroatoms. The molecule has 3 rings (SSSR count). The standard InChI is InChI=1S/C29H34FN3O5S/c1-21(2)31-29(35)27(18-22-10-6-5-7-11-22)32(19-23-12-8-9-13-26(23)30)28(34)20-33(39(4,36)37)24-14-16-25(38-3)17-15-24/h5-17,21,27H,18-20H2,1-4H3,(H,31,35)/t27-/m0/s1. The van der Waals surface area contributed by atoms with Crippen molar-refractivity contribution in [3.05, 3.63) is 95.8 Å². The van der Waals surface area contributed by atoms with Crippen molar-refractivity contribution in [1.29, 1.82) is 0 Å². The van der Waals surface area contributed by atoms with E-state index in [0.717, 1.165) is 16.1 Å². The van der Waals surface area contributed by atoms with Crippen LogP contribution in [0.2, 0.25) is 0 Å². The minimum Gasteiger partial charge on any atom is -0.497 e. The summed E-state index contributed by atoms with van der Waals surface area (Å²) in [5.41, 5.74) is 1.25. The molecule has 0 heterocycles. The summed E-state index contributed by atoms with van der Waals surface area (Å²) < 4.78 is 46.4. The second-order valence-corrected chi connectivity index (χ2v) is 11.4. The van der Waals surface area contributed by atoms with Crippen molar-refractivity contribution < 1.29 is 27.1 Å². The first-order valence-corrected chi connectivity index (χ1v) is 14.3. The van der Waals surface area contributed by atoms with Gasteiger partial charge in [-0.15, -0.1) is 0 Å². The van der Waals surface area contributed by atoms with Crippen LogP contribution in [0.1, 0.15) is 25.0 Å². The highest BCUT2D eigenvalue weighted by Crippen LogP contribution is 2.23. The zero-order valence-electron chi connectivity index (χ0n) is 22.5. The van der Waals surface area contributed by atoms with Gasteiger partial charge in [-0.1, -0.05) is 48.5 Å². The number of amides is 2. The maximum Gasteiger partial charge on any atom is 0.244 e. The summed E-state index contributed by atoms with van der Waals surface area (Å²) in [6.07, 6.45) is 1.15. The lowest BCUT2D eigenvalue weighted by molar-refractivity contribution is -0.140. The third-order valence-corrected chi connectivity index (χ3v) is 7.18. The molecule has 0 radical (unpaired) electrons. The van der Waals surface area contributed by atoms with E-state index in [1.54, 1.807) is 32.0 Å². The van der Waals surface area contributed by atoms with E-state index in [-0.39, 0.29) is 30.3 Å². The molecule has 0 unspecified atom stereocenters. The lowest BCUT2D eigenvalue weighted by atomic mass is 10.0. The smallest absolute Gasteiger partial charge is 0.244 e. The molecular formula is C29H34FN3O5S. The molecular weight excluding hydrogens is 521 g/mol. The quantitative estimate of drug-likeness (QED) is 0.367. The maximum atomic E-state index is 14.7. The number of nitrogens with zero attached hydrogens (tertiary/aromatic N) is 2. The topological polar surface area (TPSA) is 96.0 Å². The number of rotatable bonds is 12. The summed E-state index contributed by atoms with van der Waals surface area (Å²) in [5.74, 6) is -1.09. The number of anilines is 1. The molecule has 3 aromatic carbocycles. The first-order valence-electron chi connectivity index (χ1n) is 12.5. The van der Waals surface area contributed by atoms with Gasteiger partial charge in [0.05, 0.1) is 19.1 Å². The van der Waals surface area contributed by atoms with Gasteiger partial charge in [0.1, 0.15) is 24.2 Å².